The first-order valence-corrected chi connectivity index (χ1v) is 9.62. The molecule has 0 aliphatic rings. The van der Waals surface area contributed by atoms with Crippen molar-refractivity contribution in [2.45, 2.75) is 6.92 Å². The standard InChI is InChI=1S/C27H18O/c1-17-9-11-19(12-10-17)22-7-4-8-23-24-16-15-20-14-13-18-5-2-3-6-21(18)25(20)27(24)28-26(22)23/h2-16H,1H3. The molecule has 0 spiro atoms. The predicted octanol–water partition coefficient (Wildman–Crippen LogP) is 7.87. The second-order valence-electron chi connectivity index (χ2n) is 7.48. The molecule has 1 aromatic heterocycles. The maximum absolute atomic E-state index is 6.59. The molecule has 0 amide bonds. The average Bonchev–Trinajstić information content (AvgIpc) is 3.13. The van der Waals surface area contributed by atoms with Gasteiger partial charge in [-0.25, -0.2) is 0 Å². The van der Waals surface area contributed by atoms with Gasteiger partial charge < -0.3 is 4.42 Å². The van der Waals surface area contributed by atoms with Gasteiger partial charge in [0, 0.05) is 21.7 Å². The van der Waals surface area contributed by atoms with Crippen LogP contribution in [0.15, 0.2) is 95.4 Å². The Morgan fingerprint density at radius 3 is 2.14 bits per heavy atom. The van der Waals surface area contributed by atoms with Crippen LogP contribution < -0.4 is 0 Å². The van der Waals surface area contributed by atoms with Crippen molar-refractivity contribution in [3.8, 4) is 11.1 Å². The Kier molecular flexibility index (Phi) is 3.15. The zero-order valence-electron chi connectivity index (χ0n) is 15.6. The molecule has 1 heterocycles. The van der Waals surface area contributed by atoms with Crippen molar-refractivity contribution in [2.24, 2.45) is 0 Å². The number of fused-ring (bicyclic) bond motifs is 7. The summed E-state index contributed by atoms with van der Waals surface area (Å²) < 4.78 is 6.59. The van der Waals surface area contributed by atoms with E-state index in [4.69, 9.17) is 4.42 Å². The zero-order valence-corrected chi connectivity index (χ0v) is 15.6. The lowest BCUT2D eigenvalue weighted by Crippen LogP contribution is -1.79. The fourth-order valence-electron chi connectivity index (χ4n) is 4.30. The highest BCUT2D eigenvalue weighted by atomic mass is 16.3. The monoisotopic (exact) mass is 358 g/mol. The summed E-state index contributed by atoms with van der Waals surface area (Å²) >= 11 is 0. The SMILES string of the molecule is Cc1ccc(-c2cccc3c2oc2c3ccc3ccc4ccccc4c32)cc1. The summed E-state index contributed by atoms with van der Waals surface area (Å²) in [5, 5.41) is 7.22. The molecule has 1 heteroatoms. The van der Waals surface area contributed by atoms with Crippen LogP contribution >= 0.6 is 0 Å². The molecule has 0 radical (unpaired) electrons. The first-order chi connectivity index (χ1) is 13.8. The van der Waals surface area contributed by atoms with E-state index in [9.17, 15) is 0 Å². The summed E-state index contributed by atoms with van der Waals surface area (Å²) in [7, 11) is 0. The van der Waals surface area contributed by atoms with Crippen LogP contribution in [0.2, 0.25) is 0 Å². The van der Waals surface area contributed by atoms with Gasteiger partial charge in [0.15, 0.2) is 0 Å². The fourth-order valence-corrected chi connectivity index (χ4v) is 4.30. The van der Waals surface area contributed by atoms with Crippen LogP contribution in [0.1, 0.15) is 5.56 Å². The highest BCUT2D eigenvalue weighted by Gasteiger charge is 2.15. The van der Waals surface area contributed by atoms with Crippen LogP contribution in [-0.4, -0.2) is 0 Å². The normalized spacial score (nSPS) is 11.8. The van der Waals surface area contributed by atoms with E-state index in [0.717, 1.165) is 16.7 Å². The summed E-state index contributed by atoms with van der Waals surface area (Å²) in [6.07, 6.45) is 0. The molecule has 6 aromatic rings. The number of hydrogen-bond donors (Lipinski definition) is 0. The van der Waals surface area contributed by atoms with Gasteiger partial charge in [0.1, 0.15) is 11.2 Å². The summed E-state index contributed by atoms with van der Waals surface area (Å²) in [6.45, 7) is 2.11. The van der Waals surface area contributed by atoms with Crippen LogP contribution in [0.25, 0.3) is 54.6 Å². The molecule has 0 fully saturated rings. The van der Waals surface area contributed by atoms with E-state index in [1.54, 1.807) is 0 Å². The second kappa shape index (κ2) is 5.71. The van der Waals surface area contributed by atoms with Gasteiger partial charge in [-0.15, -0.1) is 0 Å². The Hall–Kier alpha value is -3.58. The molecule has 0 atom stereocenters. The van der Waals surface area contributed by atoms with Gasteiger partial charge in [-0.05, 0) is 34.7 Å². The Morgan fingerprint density at radius 1 is 0.536 bits per heavy atom. The number of furan rings is 1. The van der Waals surface area contributed by atoms with E-state index in [2.05, 4.69) is 97.9 Å². The topological polar surface area (TPSA) is 13.1 Å². The summed E-state index contributed by atoms with van der Waals surface area (Å²) in [4.78, 5) is 0. The number of aryl methyl sites for hydroxylation is 1. The van der Waals surface area contributed by atoms with Gasteiger partial charge in [0.05, 0.1) is 0 Å². The van der Waals surface area contributed by atoms with E-state index in [1.807, 2.05) is 0 Å². The smallest absolute Gasteiger partial charge is 0.143 e. The minimum absolute atomic E-state index is 0.960. The van der Waals surface area contributed by atoms with Crippen molar-refractivity contribution in [1.29, 1.82) is 0 Å². The molecular weight excluding hydrogens is 340 g/mol. The molecule has 0 saturated heterocycles. The van der Waals surface area contributed by atoms with E-state index in [1.165, 1.54) is 43.4 Å². The maximum atomic E-state index is 6.59. The van der Waals surface area contributed by atoms with Crippen LogP contribution in [0.4, 0.5) is 0 Å². The van der Waals surface area contributed by atoms with E-state index >= 15 is 0 Å². The van der Waals surface area contributed by atoms with E-state index < -0.39 is 0 Å². The van der Waals surface area contributed by atoms with Crippen LogP contribution in [0.5, 0.6) is 0 Å². The van der Waals surface area contributed by atoms with Crippen molar-refractivity contribution >= 4 is 43.5 Å². The first-order valence-electron chi connectivity index (χ1n) is 9.62. The number of rotatable bonds is 1. The van der Waals surface area contributed by atoms with Crippen LogP contribution in [-0.2, 0) is 0 Å². The van der Waals surface area contributed by atoms with E-state index in [-0.39, 0.29) is 0 Å². The average molecular weight is 358 g/mol. The minimum Gasteiger partial charge on any atom is -0.455 e. The molecule has 0 aliphatic heterocycles. The summed E-state index contributed by atoms with van der Waals surface area (Å²) in [6, 6.07) is 32.4. The van der Waals surface area contributed by atoms with Gasteiger partial charge in [-0.2, -0.15) is 0 Å². The van der Waals surface area contributed by atoms with Gasteiger partial charge in [-0.1, -0.05) is 90.5 Å². The third kappa shape index (κ3) is 2.13. The van der Waals surface area contributed by atoms with Crippen molar-refractivity contribution in [3.63, 3.8) is 0 Å². The van der Waals surface area contributed by atoms with Crippen molar-refractivity contribution in [3.05, 3.63) is 96.6 Å². The molecule has 0 aliphatic carbocycles. The number of benzene rings is 5. The first kappa shape index (κ1) is 15.5. The molecule has 6 rings (SSSR count). The third-order valence-electron chi connectivity index (χ3n) is 5.73. The minimum atomic E-state index is 0.960. The van der Waals surface area contributed by atoms with Crippen LogP contribution in [0, 0.1) is 6.92 Å². The fraction of sp³-hybridized carbons (Fsp3) is 0.0370. The molecule has 0 N–H and O–H groups in total. The Bertz CT molecular complexity index is 1500. The summed E-state index contributed by atoms with van der Waals surface area (Å²) in [5.41, 5.74) is 5.52. The predicted molar refractivity (Wildman–Crippen MR) is 119 cm³/mol. The Labute approximate surface area is 162 Å². The Morgan fingerprint density at radius 2 is 1.25 bits per heavy atom. The second-order valence-corrected chi connectivity index (χ2v) is 7.48. The third-order valence-corrected chi connectivity index (χ3v) is 5.73. The molecular formula is C27H18O. The highest BCUT2D eigenvalue weighted by Crippen LogP contribution is 2.40. The molecule has 132 valence electrons. The van der Waals surface area contributed by atoms with Crippen molar-refractivity contribution < 1.29 is 4.42 Å². The van der Waals surface area contributed by atoms with Crippen LogP contribution in [0.3, 0.4) is 0 Å². The summed E-state index contributed by atoms with van der Waals surface area (Å²) in [5.74, 6) is 0. The molecule has 1 nitrogen and oxygen atoms in total. The number of hydrogen-bond acceptors (Lipinski definition) is 1. The lowest BCUT2D eigenvalue weighted by atomic mass is 9.98. The van der Waals surface area contributed by atoms with Gasteiger partial charge >= 0.3 is 0 Å². The molecule has 0 unspecified atom stereocenters. The highest BCUT2D eigenvalue weighted by molar-refractivity contribution is 6.23. The maximum Gasteiger partial charge on any atom is 0.143 e. The molecule has 0 saturated carbocycles. The molecule has 0 bridgehead atoms. The van der Waals surface area contributed by atoms with Gasteiger partial charge in [0.2, 0.25) is 0 Å². The van der Waals surface area contributed by atoms with Gasteiger partial charge in [0.25, 0.3) is 0 Å². The largest absolute Gasteiger partial charge is 0.455 e. The lowest BCUT2D eigenvalue weighted by molar-refractivity contribution is 0.674. The number of para-hydroxylation sites is 1. The zero-order chi connectivity index (χ0) is 18.7. The van der Waals surface area contributed by atoms with Crippen molar-refractivity contribution in [2.75, 3.05) is 0 Å². The van der Waals surface area contributed by atoms with Gasteiger partial charge in [-0.3, -0.25) is 0 Å². The van der Waals surface area contributed by atoms with E-state index in [0.29, 0.717) is 0 Å². The molecule has 28 heavy (non-hydrogen) atoms. The lowest BCUT2D eigenvalue weighted by Gasteiger charge is -2.04. The Balaban J connectivity index is 1.78. The van der Waals surface area contributed by atoms with Crippen molar-refractivity contribution in [1.82, 2.24) is 0 Å². The quantitative estimate of drug-likeness (QED) is 0.273. The molecule has 5 aromatic carbocycles.